The van der Waals surface area contributed by atoms with E-state index >= 15 is 0 Å². The van der Waals surface area contributed by atoms with Gasteiger partial charge in [-0.3, -0.25) is 9.59 Å². The second-order valence-electron chi connectivity index (χ2n) is 9.14. The molecule has 2 aromatic rings. The monoisotopic (exact) mass is 466 g/mol. The number of ether oxygens (including phenoxy) is 2. The molecule has 0 radical (unpaired) electrons. The zero-order valence-electron chi connectivity index (χ0n) is 21.0. The van der Waals surface area contributed by atoms with Gasteiger partial charge in [-0.2, -0.15) is 0 Å². The Hall–Kier alpha value is -3.32. The van der Waals surface area contributed by atoms with Gasteiger partial charge in [0, 0.05) is 18.7 Å². The third kappa shape index (κ3) is 4.80. The standard InChI is InChI=1S/C27H34N2O5/c1-16(2)20-15-21(17(3)13-22(20)34-7)25(30)23-24(18-9-8-10-19(14-18)33-6)29(12-11-28(4)5)27(32)26(23)31/h8-10,13-16,24,30H,11-12H2,1-7H3/b25-23+. The highest BCUT2D eigenvalue weighted by Crippen LogP contribution is 2.41. The Kier molecular flexibility index (Phi) is 7.67. The van der Waals surface area contributed by atoms with Gasteiger partial charge in [-0.15, -0.1) is 0 Å². The molecule has 0 aromatic heterocycles. The van der Waals surface area contributed by atoms with Crippen molar-refractivity contribution in [2.75, 3.05) is 41.4 Å². The minimum absolute atomic E-state index is 0.0833. The summed E-state index contributed by atoms with van der Waals surface area (Å²) in [5.74, 6) is -0.0190. The first-order chi connectivity index (χ1) is 16.1. The maximum atomic E-state index is 13.3. The highest BCUT2D eigenvalue weighted by atomic mass is 16.5. The molecule has 182 valence electrons. The second kappa shape index (κ2) is 10.3. The molecule has 3 rings (SSSR count). The number of amides is 1. The van der Waals surface area contributed by atoms with Crippen LogP contribution in [0.2, 0.25) is 0 Å². The van der Waals surface area contributed by atoms with Crippen LogP contribution < -0.4 is 9.47 Å². The molecule has 0 aliphatic carbocycles. The maximum absolute atomic E-state index is 13.3. The van der Waals surface area contributed by atoms with Crippen molar-refractivity contribution in [2.24, 2.45) is 0 Å². The van der Waals surface area contributed by atoms with Gasteiger partial charge in [-0.1, -0.05) is 26.0 Å². The summed E-state index contributed by atoms with van der Waals surface area (Å²) in [5.41, 5.74) is 2.97. The third-order valence-corrected chi connectivity index (χ3v) is 6.19. The van der Waals surface area contributed by atoms with E-state index in [1.54, 1.807) is 26.4 Å². The van der Waals surface area contributed by atoms with Crippen LogP contribution in [0, 0.1) is 6.92 Å². The molecule has 1 N–H and O–H groups in total. The molecule has 1 heterocycles. The summed E-state index contributed by atoms with van der Waals surface area (Å²) in [6.07, 6.45) is 0. The molecule has 2 aromatic carbocycles. The van der Waals surface area contributed by atoms with Crippen molar-refractivity contribution >= 4 is 17.4 Å². The first-order valence-electron chi connectivity index (χ1n) is 11.4. The Labute approximate surface area is 201 Å². The fraction of sp³-hybridized carbons (Fsp3) is 0.407. The largest absolute Gasteiger partial charge is 0.507 e. The lowest BCUT2D eigenvalue weighted by molar-refractivity contribution is -0.140. The number of hydrogen-bond acceptors (Lipinski definition) is 6. The van der Waals surface area contributed by atoms with Crippen molar-refractivity contribution in [1.29, 1.82) is 0 Å². The van der Waals surface area contributed by atoms with Crippen LogP contribution in [0.1, 0.15) is 48.1 Å². The zero-order chi connectivity index (χ0) is 25.2. The minimum Gasteiger partial charge on any atom is -0.507 e. The minimum atomic E-state index is -0.723. The van der Waals surface area contributed by atoms with Crippen LogP contribution in [-0.2, 0) is 9.59 Å². The van der Waals surface area contributed by atoms with Crippen molar-refractivity contribution in [2.45, 2.75) is 32.7 Å². The molecule has 0 saturated carbocycles. The van der Waals surface area contributed by atoms with Crippen molar-refractivity contribution in [3.05, 3.63) is 64.2 Å². The molecule has 34 heavy (non-hydrogen) atoms. The predicted molar refractivity (Wildman–Crippen MR) is 132 cm³/mol. The Bertz CT molecular complexity index is 1120. The van der Waals surface area contributed by atoms with E-state index in [9.17, 15) is 14.7 Å². The first kappa shape index (κ1) is 25.3. The Morgan fingerprint density at radius 3 is 2.41 bits per heavy atom. The van der Waals surface area contributed by atoms with E-state index in [1.165, 1.54) is 4.90 Å². The van der Waals surface area contributed by atoms with Crippen molar-refractivity contribution in [1.82, 2.24) is 9.80 Å². The van der Waals surface area contributed by atoms with E-state index in [0.717, 1.165) is 16.9 Å². The fourth-order valence-corrected chi connectivity index (χ4v) is 4.30. The Balaban J connectivity index is 2.25. The molecular formula is C27H34N2O5. The predicted octanol–water partition coefficient (Wildman–Crippen LogP) is 4.12. The second-order valence-corrected chi connectivity index (χ2v) is 9.14. The van der Waals surface area contributed by atoms with E-state index in [0.29, 0.717) is 30.0 Å². The molecule has 1 fully saturated rings. The van der Waals surface area contributed by atoms with E-state index in [4.69, 9.17) is 9.47 Å². The number of likely N-dealkylation sites (N-methyl/N-ethyl adjacent to an activating group) is 1. The number of methoxy groups -OCH3 is 2. The number of aliphatic hydroxyl groups excluding tert-OH is 1. The number of likely N-dealkylation sites (tertiary alicyclic amines) is 1. The molecule has 0 spiro atoms. The summed E-state index contributed by atoms with van der Waals surface area (Å²) in [4.78, 5) is 29.9. The molecule has 1 amide bonds. The van der Waals surface area contributed by atoms with Crippen LogP contribution in [0.15, 0.2) is 42.0 Å². The SMILES string of the molecule is COc1cccc(C2/C(=C(\O)c3cc(C(C)C)c(OC)cc3C)C(=O)C(=O)N2CCN(C)C)c1. The number of Topliss-reactive ketones (excluding diaryl/α,β-unsaturated/α-hetero) is 1. The highest BCUT2D eigenvalue weighted by molar-refractivity contribution is 6.46. The van der Waals surface area contributed by atoms with Crippen LogP contribution in [-0.4, -0.2) is 68.0 Å². The first-order valence-corrected chi connectivity index (χ1v) is 11.4. The molecule has 1 saturated heterocycles. The van der Waals surface area contributed by atoms with Gasteiger partial charge in [-0.05, 0) is 67.9 Å². The van der Waals surface area contributed by atoms with Gasteiger partial charge in [0.1, 0.15) is 17.3 Å². The number of aryl methyl sites for hydroxylation is 1. The summed E-state index contributed by atoms with van der Waals surface area (Å²) in [6.45, 7) is 6.84. The van der Waals surface area contributed by atoms with Crippen LogP contribution >= 0.6 is 0 Å². The summed E-state index contributed by atoms with van der Waals surface area (Å²) >= 11 is 0. The third-order valence-electron chi connectivity index (χ3n) is 6.19. The number of ketones is 1. The molecule has 0 bridgehead atoms. The number of nitrogens with zero attached hydrogens (tertiary/aromatic N) is 2. The number of aliphatic hydroxyl groups is 1. The van der Waals surface area contributed by atoms with Crippen LogP contribution in [0.4, 0.5) is 0 Å². The lowest BCUT2D eigenvalue weighted by atomic mass is 9.91. The number of carbonyl (C=O) groups is 2. The highest BCUT2D eigenvalue weighted by Gasteiger charge is 2.46. The quantitative estimate of drug-likeness (QED) is 0.358. The lowest BCUT2D eigenvalue weighted by Gasteiger charge is -2.27. The molecular weight excluding hydrogens is 432 g/mol. The molecule has 7 heteroatoms. The van der Waals surface area contributed by atoms with E-state index < -0.39 is 17.7 Å². The number of benzene rings is 2. The molecule has 1 atom stereocenters. The molecule has 1 aliphatic rings. The summed E-state index contributed by atoms with van der Waals surface area (Å²) in [7, 11) is 6.99. The van der Waals surface area contributed by atoms with Crippen molar-refractivity contribution in [3.63, 3.8) is 0 Å². The maximum Gasteiger partial charge on any atom is 0.295 e. The van der Waals surface area contributed by atoms with Crippen molar-refractivity contribution < 1.29 is 24.2 Å². The Morgan fingerprint density at radius 2 is 1.82 bits per heavy atom. The average Bonchev–Trinajstić information content (AvgIpc) is 3.06. The topological polar surface area (TPSA) is 79.3 Å². The van der Waals surface area contributed by atoms with Gasteiger partial charge in [0.2, 0.25) is 0 Å². The fourth-order valence-electron chi connectivity index (χ4n) is 4.30. The van der Waals surface area contributed by atoms with E-state index in [2.05, 4.69) is 0 Å². The van der Waals surface area contributed by atoms with Gasteiger partial charge in [0.05, 0.1) is 25.8 Å². The van der Waals surface area contributed by atoms with Crippen molar-refractivity contribution in [3.8, 4) is 11.5 Å². The lowest BCUT2D eigenvalue weighted by Crippen LogP contribution is -2.35. The van der Waals surface area contributed by atoms with Gasteiger partial charge in [-0.25, -0.2) is 0 Å². The number of carbonyl (C=O) groups excluding carboxylic acids is 2. The smallest absolute Gasteiger partial charge is 0.295 e. The summed E-state index contributed by atoms with van der Waals surface area (Å²) in [6, 6.07) is 10.2. The number of hydrogen-bond donors (Lipinski definition) is 1. The van der Waals surface area contributed by atoms with E-state index in [1.807, 2.05) is 64.0 Å². The molecule has 7 nitrogen and oxygen atoms in total. The Morgan fingerprint density at radius 1 is 1.12 bits per heavy atom. The van der Waals surface area contributed by atoms with Gasteiger partial charge in [0.25, 0.3) is 11.7 Å². The van der Waals surface area contributed by atoms with Crippen LogP contribution in [0.25, 0.3) is 5.76 Å². The molecule has 1 unspecified atom stereocenters. The van der Waals surface area contributed by atoms with Gasteiger partial charge in [0.15, 0.2) is 0 Å². The van der Waals surface area contributed by atoms with Crippen LogP contribution in [0.5, 0.6) is 11.5 Å². The zero-order valence-corrected chi connectivity index (χ0v) is 21.0. The van der Waals surface area contributed by atoms with Gasteiger partial charge >= 0.3 is 0 Å². The molecule has 1 aliphatic heterocycles. The summed E-state index contributed by atoms with van der Waals surface area (Å²) in [5, 5.41) is 11.5. The van der Waals surface area contributed by atoms with Crippen LogP contribution in [0.3, 0.4) is 0 Å². The average molecular weight is 467 g/mol. The normalized spacial score (nSPS) is 17.7. The number of rotatable bonds is 8. The van der Waals surface area contributed by atoms with Gasteiger partial charge < -0.3 is 24.4 Å². The summed E-state index contributed by atoms with van der Waals surface area (Å²) < 4.78 is 10.9. The van der Waals surface area contributed by atoms with E-state index in [-0.39, 0.29) is 17.3 Å².